The summed E-state index contributed by atoms with van der Waals surface area (Å²) in [6.45, 7) is 3.36. The summed E-state index contributed by atoms with van der Waals surface area (Å²) in [5, 5.41) is 13.3. The highest BCUT2D eigenvalue weighted by atomic mass is 35.5. The lowest BCUT2D eigenvalue weighted by Gasteiger charge is -2.17. The molecule has 0 saturated carbocycles. The Balaban J connectivity index is 0.00000261. The molecule has 3 N–H and O–H groups in total. The molecule has 0 unspecified atom stereocenters. The van der Waals surface area contributed by atoms with E-state index in [0.717, 1.165) is 18.5 Å². The number of carbonyl (C=O) groups is 2. The van der Waals surface area contributed by atoms with E-state index >= 15 is 0 Å². The van der Waals surface area contributed by atoms with Gasteiger partial charge in [0.05, 0.1) is 12.1 Å². The van der Waals surface area contributed by atoms with Gasteiger partial charge in [-0.3, -0.25) is 14.3 Å². The van der Waals surface area contributed by atoms with Gasteiger partial charge in [0, 0.05) is 50.0 Å². The van der Waals surface area contributed by atoms with Crippen LogP contribution in [0.25, 0.3) is 0 Å². The summed E-state index contributed by atoms with van der Waals surface area (Å²) >= 11 is 0. The Morgan fingerprint density at radius 2 is 2.00 bits per heavy atom. The zero-order valence-electron chi connectivity index (χ0n) is 15.6. The number of benzene rings is 1. The summed E-state index contributed by atoms with van der Waals surface area (Å²) in [6, 6.07) is 7.25. The Morgan fingerprint density at radius 1 is 1.26 bits per heavy atom. The molecule has 146 valence electrons. The van der Waals surface area contributed by atoms with Crippen LogP contribution >= 0.6 is 12.4 Å². The molecule has 2 amide bonds. The van der Waals surface area contributed by atoms with E-state index in [1.807, 2.05) is 44.6 Å². The largest absolute Gasteiger partial charge is 0.326 e. The van der Waals surface area contributed by atoms with Crippen molar-refractivity contribution in [1.29, 1.82) is 0 Å². The van der Waals surface area contributed by atoms with Gasteiger partial charge in [-0.05, 0) is 30.2 Å². The van der Waals surface area contributed by atoms with E-state index in [0.29, 0.717) is 24.3 Å². The summed E-state index contributed by atoms with van der Waals surface area (Å²) in [5.41, 5.74) is 2.44. The molecule has 3 rings (SSSR count). The fourth-order valence-corrected chi connectivity index (χ4v) is 3.30. The summed E-state index contributed by atoms with van der Waals surface area (Å²) in [7, 11) is 1.87. The third-order valence-corrected chi connectivity index (χ3v) is 4.59. The van der Waals surface area contributed by atoms with E-state index in [2.05, 4.69) is 21.0 Å². The predicted molar refractivity (Wildman–Crippen MR) is 108 cm³/mol. The number of halogens is 1. The second-order valence-corrected chi connectivity index (χ2v) is 6.69. The number of anilines is 2. The molecule has 8 heteroatoms. The SMILES string of the molecule is CCCC(=O)Nc1cccc(NC(=O)[C@H]2CNC[C@@H]2c2cnn(C)c2)c1.Cl. The summed E-state index contributed by atoms with van der Waals surface area (Å²) in [5.74, 6) is -0.0952. The molecular weight excluding hydrogens is 366 g/mol. The van der Waals surface area contributed by atoms with Gasteiger partial charge in [-0.25, -0.2) is 0 Å². The van der Waals surface area contributed by atoms with Gasteiger partial charge in [-0.15, -0.1) is 12.4 Å². The predicted octanol–water partition coefficient (Wildman–Crippen LogP) is 2.52. The molecule has 1 aromatic carbocycles. The Labute approximate surface area is 165 Å². The van der Waals surface area contributed by atoms with Crippen molar-refractivity contribution in [3.05, 3.63) is 42.2 Å². The summed E-state index contributed by atoms with van der Waals surface area (Å²) in [4.78, 5) is 24.5. The molecule has 0 aliphatic carbocycles. The van der Waals surface area contributed by atoms with Crippen molar-refractivity contribution in [2.45, 2.75) is 25.7 Å². The van der Waals surface area contributed by atoms with Crippen LogP contribution < -0.4 is 16.0 Å². The van der Waals surface area contributed by atoms with Crippen molar-refractivity contribution >= 4 is 35.6 Å². The molecule has 0 bridgehead atoms. The monoisotopic (exact) mass is 391 g/mol. The molecule has 2 heterocycles. The maximum absolute atomic E-state index is 12.8. The maximum atomic E-state index is 12.8. The van der Waals surface area contributed by atoms with Crippen LogP contribution in [0.3, 0.4) is 0 Å². The zero-order chi connectivity index (χ0) is 18.5. The van der Waals surface area contributed by atoms with Gasteiger partial charge in [0.25, 0.3) is 0 Å². The van der Waals surface area contributed by atoms with Crippen molar-refractivity contribution in [2.24, 2.45) is 13.0 Å². The molecule has 2 aromatic rings. The van der Waals surface area contributed by atoms with E-state index in [-0.39, 0.29) is 36.1 Å². The van der Waals surface area contributed by atoms with E-state index in [1.54, 1.807) is 10.7 Å². The Hall–Kier alpha value is -2.38. The van der Waals surface area contributed by atoms with Gasteiger partial charge >= 0.3 is 0 Å². The minimum absolute atomic E-state index is 0. The maximum Gasteiger partial charge on any atom is 0.229 e. The van der Waals surface area contributed by atoms with Crippen LogP contribution in [0.4, 0.5) is 11.4 Å². The third kappa shape index (κ3) is 5.30. The van der Waals surface area contributed by atoms with Crippen LogP contribution in [0, 0.1) is 5.92 Å². The fourth-order valence-electron chi connectivity index (χ4n) is 3.30. The number of hydrogen-bond acceptors (Lipinski definition) is 4. The molecule has 1 saturated heterocycles. The van der Waals surface area contributed by atoms with Crippen LogP contribution in [-0.2, 0) is 16.6 Å². The number of rotatable bonds is 6. The number of amides is 2. The Bertz CT molecular complexity index is 792. The van der Waals surface area contributed by atoms with E-state index in [1.165, 1.54) is 0 Å². The summed E-state index contributed by atoms with van der Waals surface area (Å²) < 4.78 is 1.76. The van der Waals surface area contributed by atoms with Crippen molar-refractivity contribution in [2.75, 3.05) is 23.7 Å². The van der Waals surface area contributed by atoms with Gasteiger partial charge < -0.3 is 16.0 Å². The van der Waals surface area contributed by atoms with Crippen molar-refractivity contribution in [3.63, 3.8) is 0 Å². The van der Waals surface area contributed by atoms with Crippen molar-refractivity contribution in [3.8, 4) is 0 Å². The van der Waals surface area contributed by atoms with Crippen LogP contribution in [0.5, 0.6) is 0 Å². The smallest absolute Gasteiger partial charge is 0.229 e. The van der Waals surface area contributed by atoms with Crippen LogP contribution in [0.1, 0.15) is 31.2 Å². The summed E-state index contributed by atoms with van der Waals surface area (Å²) in [6.07, 6.45) is 5.06. The normalized spacial score (nSPS) is 18.6. The number of carbonyl (C=O) groups excluding carboxylic acids is 2. The molecule has 7 nitrogen and oxygen atoms in total. The Kier molecular flexibility index (Phi) is 7.38. The van der Waals surface area contributed by atoms with Gasteiger partial charge in [-0.1, -0.05) is 13.0 Å². The molecule has 1 fully saturated rings. The molecule has 1 aliphatic rings. The minimum atomic E-state index is -0.155. The number of aromatic nitrogens is 2. The lowest BCUT2D eigenvalue weighted by atomic mass is 9.90. The number of hydrogen-bond donors (Lipinski definition) is 3. The first-order valence-corrected chi connectivity index (χ1v) is 8.97. The standard InChI is InChI=1S/C19H25N5O2.ClH/c1-3-5-18(25)22-14-6-4-7-15(8-14)23-19(26)17-11-20-10-16(17)13-9-21-24(2)12-13;/h4,6-9,12,16-17,20H,3,5,10-11H2,1-2H3,(H,22,25)(H,23,26);1H/t16-,17+;/m1./s1. The topological polar surface area (TPSA) is 88.1 Å². The van der Waals surface area contributed by atoms with Gasteiger partial charge in [0.1, 0.15) is 0 Å². The van der Waals surface area contributed by atoms with Crippen molar-refractivity contribution in [1.82, 2.24) is 15.1 Å². The fraction of sp³-hybridized carbons (Fsp3) is 0.421. The number of nitrogens with zero attached hydrogens (tertiary/aromatic N) is 2. The first-order chi connectivity index (χ1) is 12.6. The molecule has 2 atom stereocenters. The first kappa shape index (κ1) is 20.9. The third-order valence-electron chi connectivity index (χ3n) is 4.59. The highest BCUT2D eigenvalue weighted by molar-refractivity contribution is 5.95. The average Bonchev–Trinajstić information content (AvgIpc) is 3.24. The highest BCUT2D eigenvalue weighted by Crippen LogP contribution is 2.29. The van der Waals surface area contributed by atoms with Gasteiger partial charge in [0.15, 0.2) is 0 Å². The molecule has 0 spiro atoms. The minimum Gasteiger partial charge on any atom is -0.326 e. The van der Waals surface area contributed by atoms with E-state index < -0.39 is 0 Å². The molecule has 0 radical (unpaired) electrons. The molecule has 1 aromatic heterocycles. The average molecular weight is 392 g/mol. The van der Waals surface area contributed by atoms with Gasteiger partial charge in [-0.2, -0.15) is 5.10 Å². The van der Waals surface area contributed by atoms with Crippen LogP contribution in [0.15, 0.2) is 36.7 Å². The molecule has 1 aliphatic heterocycles. The van der Waals surface area contributed by atoms with Crippen LogP contribution in [0.2, 0.25) is 0 Å². The van der Waals surface area contributed by atoms with E-state index in [4.69, 9.17) is 0 Å². The quantitative estimate of drug-likeness (QED) is 0.706. The molecule has 27 heavy (non-hydrogen) atoms. The second-order valence-electron chi connectivity index (χ2n) is 6.69. The zero-order valence-corrected chi connectivity index (χ0v) is 16.4. The molecular formula is C19H26ClN5O2. The number of aryl methyl sites for hydroxylation is 1. The second kappa shape index (κ2) is 9.53. The van der Waals surface area contributed by atoms with Crippen molar-refractivity contribution < 1.29 is 9.59 Å². The number of nitrogens with one attached hydrogen (secondary N) is 3. The Morgan fingerprint density at radius 3 is 2.67 bits per heavy atom. The van der Waals surface area contributed by atoms with E-state index in [9.17, 15) is 9.59 Å². The van der Waals surface area contributed by atoms with Gasteiger partial charge in [0.2, 0.25) is 11.8 Å². The lowest BCUT2D eigenvalue weighted by molar-refractivity contribution is -0.119. The highest BCUT2D eigenvalue weighted by Gasteiger charge is 2.34. The lowest BCUT2D eigenvalue weighted by Crippen LogP contribution is -2.28. The van der Waals surface area contributed by atoms with Crippen LogP contribution in [-0.4, -0.2) is 34.7 Å². The first-order valence-electron chi connectivity index (χ1n) is 8.97.